The van der Waals surface area contributed by atoms with Crippen LogP contribution in [0.25, 0.3) is 0 Å². The van der Waals surface area contributed by atoms with Gasteiger partial charge in [0.05, 0.1) is 12.2 Å². The lowest BCUT2D eigenvalue weighted by Crippen LogP contribution is -2.45. The number of anilines is 1. The van der Waals surface area contributed by atoms with Gasteiger partial charge in [0.15, 0.2) is 0 Å². The predicted octanol–water partition coefficient (Wildman–Crippen LogP) is 4.23. The fourth-order valence-electron chi connectivity index (χ4n) is 3.12. The molecule has 0 aliphatic carbocycles. The lowest BCUT2D eigenvalue weighted by Gasteiger charge is -2.29. The Hall–Kier alpha value is -2.90. The molecule has 0 saturated carbocycles. The van der Waals surface area contributed by atoms with Crippen molar-refractivity contribution in [1.29, 1.82) is 0 Å². The highest BCUT2D eigenvalue weighted by Crippen LogP contribution is 2.16. The fraction of sp³-hybridized carbons (Fsp3) is 0.455. The molecule has 0 radical (unpaired) electrons. The number of aromatic nitrogens is 1. The Morgan fingerprint density at radius 2 is 1.90 bits per heavy atom. The molecule has 3 amide bonds. The maximum Gasteiger partial charge on any atom is 0.322 e. The number of halogens is 2. The summed E-state index contributed by atoms with van der Waals surface area (Å²) in [5.74, 6) is -1.52. The van der Waals surface area contributed by atoms with Gasteiger partial charge < -0.3 is 19.7 Å². The van der Waals surface area contributed by atoms with Crippen LogP contribution in [0.3, 0.4) is 0 Å². The number of nitrogens with one attached hydrogen (secondary N) is 1. The molecule has 164 valence electrons. The second-order valence-electron chi connectivity index (χ2n) is 7.75. The van der Waals surface area contributed by atoms with E-state index in [1.807, 2.05) is 50.7 Å². The van der Waals surface area contributed by atoms with E-state index in [2.05, 4.69) is 5.32 Å². The molecule has 0 unspecified atom stereocenters. The summed E-state index contributed by atoms with van der Waals surface area (Å²) >= 11 is 0. The van der Waals surface area contributed by atoms with Crippen LogP contribution in [0.4, 0.5) is 19.3 Å². The zero-order chi connectivity index (χ0) is 22.3. The molecular weight excluding hydrogens is 390 g/mol. The third-order valence-corrected chi connectivity index (χ3v) is 4.62. The maximum atomic E-state index is 13.9. The summed E-state index contributed by atoms with van der Waals surface area (Å²) in [6, 6.07) is 6.21. The van der Waals surface area contributed by atoms with Crippen molar-refractivity contribution in [3.63, 3.8) is 0 Å². The predicted molar refractivity (Wildman–Crippen MR) is 113 cm³/mol. The quantitative estimate of drug-likeness (QED) is 0.660. The van der Waals surface area contributed by atoms with Gasteiger partial charge in [-0.25, -0.2) is 13.6 Å². The smallest absolute Gasteiger partial charge is 0.322 e. The normalized spacial score (nSPS) is 10.9. The van der Waals surface area contributed by atoms with E-state index in [4.69, 9.17) is 0 Å². The average Bonchev–Trinajstić information content (AvgIpc) is 3.07. The van der Waals surface area contributed by atoms with Gasteiger partial charge in [0.1, 0.15) is 18.2 Å². The largest absolute Gasteiger partial charge is 0.353 e. The minimum absolute atomic E-state index is 0.125. The molecule has 1 N–H and O–H groups in total. The van der Waals surface area contributed by atoms with Crippen molar-refractivity contribution in [2.24, 2.45) is 13.0 Å². The number of hydrogen-bond donors (Lipinski definition) is 1. The van der Waals surface area contributed by atoms with E-state index in [-0.39, 0.29) is 24.1 Å². The molecule has 0 saturated heterocycles. The first-order valence-corrected chi connectivity index (χ1v) is 10.1. The second kappa shape index (κ2) is 10.8. The number of benzene rings is 1. The lowest BCUT2D eigenvalue weighted by molar-refractivity contribution is -0.133. The fourth-order valence-corrected chi connectivity index (χ4v) is 3.12. The van der Waals surface area contributed by atoms with Crippen molar-refractivity contribution in [2.75, 3.05) is 25.0 Å². The van der Waals surface area contributed by atoms with Crippen LogP contribution >= 0.6 is 0 Å². The molecule has 1 aromatic carbocycles. The Labute approximate surface area is 176 Å². The summed E-state index contributed by atoms with van der Waals surface area (Å²) in [5, 5.41) is 2.43. The van der Waals surface area contributed by atoms with Crippen LogP contribution in [0.1, 0.15) is 32.9 Å². The second-order valence-corrected chi connectivity index (χ2v) is 7.75. The zero-order valence-electron chi connectivity index (χ0n) is 18.0. The summed E-state index contributed by atoms with van der Waals surface area (Å²) in [5.41, 5.74) is 0.863. The molecule has 0 bridgehead atoms. The number of aryl methyl sites for hydroxylation is 1. The van der Waals surface area contributed by atoms with Crippen molar-refractivity contribution in [3.8, 4) is 0 Å². The van der Waals surface area contributed by atoms with E-state index in [1.54, 1.807) is 4.90 Å². The molecule has 0 spiro atoms. The lowest BCUT2D eigenvalue weighted by atomic mass is 10.2. The van der Waals surface area contributed by atoms with Crippen molar-refractivity contribution in [3.05, 3.63) is 53.9 Å². The molecule has 2 aromatic rings. The highest BCUT2D eigenvalue weighted by molar-refractivity contribution is 5.92. The maximum absolute atomic E-state index is 13.9. The first-order chi connectivity index (χ1) is 14.2. The van der Waals surface area contributed by atoms with E-state index < -0.39 is 17.7 Å². The number of nitrogens with zero attached hydrogens (tertiary/aromatic N) is 3. The van der Waals surface area contributed by atoms with Crippen molar-refractivity contribution < 1.29 is 18.4 Å². The Morgan fingerprint density at radius 3 is 2.47 bits per heavy atom. The van der Waals surface area contributed by atoms with Gasteiger partial charge in [-0.3, -0.25) is 4.79 Å². The Kier molecular flexibility index (Phi) is 8.38. The monoisotopic (exact) mass is 420 g/mol. The van der Waals surface area contributed by atoms with Crippen LogP contribution < -0.4 is 5.32 Å². The molecule has 1 heterocycles. The van der Waals surface area contributed by atoms with Crippen LogP contribution in [-0.4, -0.2) is 45.9 Å². The average molecular weight is 421 g/mol. The van der Waals surface area contributed by atoms with Crippen LogP contribution in [0.15, 0.2) is 36.5 Å². The minimum Gasteiger partial charge on any atom is -0.353 e. The van der Waals surface area contributed by atoms with Crippen LogP contribution in [0.2, 0.25) is 0 Å². The number of carbonyl (C=O) groups is 2. The first-order valence-electron chi connectivity index (χ1n) is 10.1. The Balaban J connectivity index is 2.12. The summed E-state index contributed by atoms with van der Waals surface area (Å²) in [6.45, 7) is 7.14. The molecular formula is C22H30F2N4O2. The van der Waals surface area contributed by atoms with Gasteiger partial charge in [0.25, 0.3) is 0 Å². The summed E-state index contributed by atoms with van der Waals surface area (Å²) in [7, 11) is 1.92. The Morgan fingerprint density at radius 1 is 1.17 bits per heavy atom. The van der Waals surface area contributed by atoms with Crippen molar-refractivity contribution in [2.45, 2.75) is 33.7 Å². The highest BCUT2D eigenvalue weighted by atomic mass is 19.1. The van der Waals surface area contributed by atoms with Gasteiger partial charge in [-0.15, -0.1) is 0 Å². The van der Waals surface area contributed by atoms with Gasteiger partial charge in [-0.1, -0.05) is 20.8 Å². The van der Waals surface area contributed by atoms with E-state index in [9.17, 15) is 18.4 Å². The number of amides is 3. The zero-order valence-corrected chi connectivity index (χ0v) is 18.0. The van der Waals surface area contributed by atoms with Crippen molar-refractivity contribution in [1.82, 2.24) is 14.4 Å². The van der Waals surface area contributed by atoms with Crippen LogP contribution in [-0.2, 0) is 18.4 Å². The van der Waals surface area contributed by atoms with Crippen molar-refractivity contribution >= 4 is 17.6 Å². The summed E-state index contributed by atoms with van der Waals surface area (Å²) in [4.78, 5) is 28.8. The van der Waals surface area contributed by atoms with E-state index in [1.165, 1.54) is 4.90 Å². The third-order valence-electron chi connectivity index (χ3n) is 4.62. The molecule has 30 heavy (non-hydrogen) atoms. The number of hydrogen-bond acceptors (Lipinski definition) is 2. The number of rotatable bonds is 9. The van der Waals surface area contributed by atoms with E-state index >= 15 is 0 Å². The highest BCUT2D eigenvalue weighted by Gasteiger charge is 2.23. The van der Waals surface area contributed by atoms with Crippen LogP contribution in [0.5, 0.6) is 0 Å². The Bertz CT molecular complexity index is 867. The van der Waals surface area contributed by atoms with Gasteiger partial charge in [0, 0.05) is 38.1 Å². The standard InChI is InChI=1S/C22H30F2N4O2/c1-5-10-27(22(30)25-20-9-8-17(23)12-19(20)24)15-21(29)28(13-16(2)3)14-18-7-6-11-26(18)4/h6-9,11-12,16H,5,10,13-15H2,1-4H3,(H,25,30). The first kappa shape index (κ1) is 23.4. The molecule has 0 atom stereocenters. The molecule has 0 aliphatic rings. The van der Waals surface area contributed by atoms with Gasteiger partial charge >= 0.3 is 6.03 Å². The van der Waals surface area contributed by atoms with Crippen LogP contribution in [0, 0.1) is 17.6 Å². The molecule has 2 rings (SSSR count). The number of urea groups is 1. The number of carbonyl (C=O) groups excluding carboxylic acids is 2. The van der Waals surface area contributed by atoms with Gasteiger partial charge in [-0.2, -0.15) is 0 Å². The molecule has 1 aromatic heterocycles. The topological polar surface area (TPSA) is 57.6 Å². The minimum atomic E-state index is -0.865. The summed E-state index contributed by atoms with van der Waals surface area (Å²) in [6.07, 6.45) is 2.55. The molecule has 0 fully saturated rings. The third kappa shape index (κ3) is 6.57. The summed E-state index contributed by atoms with van der Waals surface area (Å²) < 4.78 is 28.9. The van der Waals surface area contributed by atoms with Gasteiger partial charge in [0.2, 0.25) is 5.91 Å². The van der Waals surface area contributed by atoms with Gasteiger partial charge in [-0.05, 0) is 36.6 Å². The molecule has 8 heteroatoms. The molecule has 0 aliphatic heterocycles. The van der Waals surface area contributed by atoms with E-state index in [0.29, 0.717) is 32.1 Å². The van der Waals surface area contributed by atoms with E-state index in [0.717, 1.165) is 17.8 Å². The SMILES string of the molecule is CCCN(CC(=O)N(Cc1cccn1C)CC(C)C)C(=O)Nc1ccc(F)cc1F. The molecule has 6 nitrogen and oxygen atoms in total.